The van der Waals surface area contributed by atoms with E-state index in [0.717, 1.165) is 28.2 Å². The van der Waals surface area contributed by atoms with Crippen molar-refractivity contribution in [2.75, 3.05) is 32.0 Å². The summed E-state index contributed by atoms with van der Waals surface area (Å²) in [5.41, 5.74) is 14.6. The van der Waals surface area contributed by atoms with E-state index in [1.165, 1.54) is 26.2 Å². The maximum absolute atomic E-state index is 14.5. The zero-order valence-electron chi connectivity index (χ0n) is 24.5. The number of aryl methyl sites for hydroxylation is 1. The summed E-state index contributed by atoms with van der Waals surface area (Å²) >= 11 is 0.733. The van der Waals surface area contributed by atoms with Crippen molar-refractivity contribution in [2.45, 2.75) is 26.4 Å². The van der Waals surface area contributed by atoms with Crippen LogP contribution >= 0.6 is 11.5 Å². The van der Waals surface area contributed by atoms with Crippen LogP contribution in [0.25, 0.3) is 0 Å². The van der Waals surface area contributed by atoms with Crippen LogP contribution in [0.3, 0.4) is 0 Å². The summed E-state index contributed by atoms with van der Waals surface area (Å²) in [6.45, 7) is 3.95. The first-order chi connectivity index (χ1) is 20.6. The van der Waals surface area contributed by atoms with Crippen LogP contribution in [0.4, 0.5) is 11.4 Å². The summed E-state index contributed by atoms with van der Waals surface area (Å²) < 4.78 is 20.7. The van der Waals surface area contributed by atoms with E-state index in [9.17, 15) is 14.4 Å². The molecule has 5 N–H and O–H groups in total. The molecule has 0 aliphatic carbocycles. The number of benzene rings is 3. The van der Waals surface area contributed by atoms with Gasteiger partial charge in [-0.3, -0.25) is 19.3 Å². The van der Waals surface area contributed by atoms with Crippen molar-refractivity contribution in [1.29, 1.82) is 0 Å². The van der Waals surface area contributed by atoms with Gasteiger partial charge >= 0.3 is 0 Å². The van der Waals surface area contributed by atoms with Gasteiger partial charge in [-0.25, -0.2) is 0 Å². The molecule has 0 saturated carbocycles. The normalized spacial score (nSPS) is 11.4. The van der Waals surface area contributed by atoms with Gasteiger partial charge in [-0.1, -0.05) is 42.5 Å². The fraction of sp³-hybridized carbons (Fsp3) is 0.226. The number of hydrogen-bond acceptors (Lipinski definition) is 9. The van der Waals surface area contributed by atoms with E-state index in [2.05, 4.69) is 9.69 Å². The van der Waals surface area contributed by atoms with Crippen molar-refractivity contribution in [3.63, 3.8) is 0 Å². The van der Waals surface area contributed by atoms with Crippen molar-refractivity contribution < 1.29 is 28.6 Å². The minimum Gasteiger partial charge on any atom is -0.493 e. The lowest BCUT2D eigenvalue weighted by molar-refractivity contribution is -0.122. The standard InChI is InChI=1S/C31H33N5O6S/c1-17-10-9-13-21(18(17)2)36(31(39)28-24(32)25(29(33)37)35-43-28)26(30(38)34-16-19-11-7-6-8-12-19)20-14-22(40-3)27(42-5)23(15-20)41-4/h6-15,26H,16,32H2,1-5H3,(H2,33,37)(H,34,38)/t26-/m0/s1. The molecule has 0 radical (unpaired) electrons. The van der Waals surface area contributed by atoms with Crippen molar-refractivity contribution in [2.24, 2.45) is 5.73 Å². The Morgan fingerprint density at radius 3 is 2.16 bits per heavy atom. The van der Waals surface area contributed by atoms with Crippen molar-refractivity contribution in [1.82, 2.24) is 9.69 Å². The molecule has 0 bridgehead atoms. The number of primary amides is 1. The number of nitrogen functional groups attached to an aromatic ring is 1. The summed E-state index contributed by atoms with van der Waals surface area (Å²) in [6.07, 6.45) is 0. The Morgan fingerprint density at radius 2 is 1.60 bits per heavy atom. The second-order valence-electron chi connectivity index (χ2n) is 9.60. The fourth-order valence-electron chi connectivity index (χ4n) is 4.66. The van der Waals surface area contributed by atoms with Crippen LogP contribution in [-0.4, -0.2) is 43.4 Å². The summed E-state index contributed by atoms with van der Waals surface area (Å²) in [5, 5.41) is 2.97. The quantitative estimate of drug-likeness (QED) is 0.230. The van der Waals surface area contributed by atoms with Gasteiger partial charge < -0.3 is 31.0 Å². The number of nitrogens with one attached hydrogen (secondary N) is 1. The van der Waals surface area contributed by atoms with Crippen LogP contribution in [0.1, 0.15) is 48.5 Å². The van der Waals surface area contributed by atoms with Gasteiger partial charge in [-0.15, -0.1) is 0 Å². The van der Waals surface area contributed by atoms with Crippen LogP contribution < -0.4 is 35.9 Å². The minimum absolute atomic E-state index is 0.0389. The molecular formula is C31H33N5O6S. The van der Waals surface area contributed by atoms with E-state index in [-0.39, 0.29) is 22.8 Å². The van der Waals surface area contributed by atoms with E-state index in [0.29, 0.717) is 28.5 Å². The van der Waals surface area contributed by atoms with Crippen molar-refractivity contribution >= 4 is 40.6 Å². The van der Waals surface area contributed by atoms with Crippen LogP contribution in [-0.2, 0) is 11.3 Å². The Bertz CT molecular complexity index is 1630. The smallest absolute Gasteiger partial charge is 0.273 e. The second-order valence-corrected chi connectivity index (χ2v) is 10.4. The lowest BCUT2D eigenvalue weighted by Gasteiger charge is -2.33. The zero-order chi connectivity index (χ0) is 31.3. The van der Waals surface area contributed by atoms with E-state index >= 15 is 0 Å². The second kappa shape index (κ2) is 13.3. The van der Waals surface area contributed by atoms with Crippen LogP contribution in [0.5, 0.6) is 17.2 Å². The summed E-state index contributed by atoms with van der Waals surface area (Å²) in [7, 11) is 4.39. The summed E-state index contributed by atoms with van der Waals surface area (Å²) in [4.78, 5) is 42.0. The number of hydrogen-bond donors (Lipinski definition) is 3. The molecule has 4 aromatic rings. The molecule has 0 saturated heterocycles. The number of rotatable bonds is 11. The van der Waals surface area contributed by atoms with Crippen molar-refractivity contribution in [3.8, 4) is 17.2 Å². The molecule has 12 heteroatoms. The molecule has 1 heterocycles. The predicted octanol–water partition coefficient (Wildman–Crippen LogP) is 4.17. The molecule has 224 valence electrons. The van der Waals surface area contributed by atoms with Crippen LogP contribution in [0.2, 0.25) is 0 Å². The minimum atomic E-state index is -1.26. The third kappa shape index (κ3) is 6.24. The van der Waals surface area contributed by atoms with Crippen LogP contribution in [0, 0.1) is 13.8 Å². The Morgan fingerprint density at radius 1 is 0.953 bits per heavy atom. The van der Waals surface area contributed by atoms with E-state index in [1.807, 2.05) is 50.2 Å². The number of nitrogens with zero attached hydrogens (tertiary/aromatic N) is 2. The highest BCUT2D eigenvalue weighted by atomic mass is 32.1. The molecule has 1 atom stereocenters. The highest BCUT2D eigenvalue weighted by molar-refractivity contribution is 7.09. The third-order valence-corrected chi connectivity index (χ3v) is 7.88. The van der Waals surface area contributed by atoms with Crippen molar-refractivity contribution in [3.05, 3.63) is 93.5 Å². The van der Waals surface area contributed by atoms with E-state index < -0.39 is 23.8 Å². The van der Waals surface area contributed by atoms with E-state index in [4.69, 9.17) is 25.7 Å². The number of amides is 3. The fourth-order valence-corrected chi connectivity index (χ4v) is 5.40. The first-order valence-electron chi connectivity index (χ1n) is 13.2. The topological polar surface area (TPSA) is 159 Å². The number of carbonyl (C=O) groups is 3. The molecule has 3 amide bonds. The maximum Gasteiger partial charge on any atom is 0.273 e. The highest BCUT2D eigenvalue weighted by Crippen LogP contribution is 2.43. The van der Waals surface area contributed by atoms with Gasteiger partial charge in [0.05, 0.1) is 27.0 Å². The van der Waals surface area contributed by atoms with Gasteiger partial charge in [-0.05, 0) is 65.8 Å². The predicted molar refractivity (Wildman–Crippen MR) is 165 cm³/mol. The molecule has 3 aromatic carbocycles. The molecular weight excluding hydrogens is 570 g/mol. The van der Waals surface area contributed by atoms with Gasteiger partial charge in [-0.2, -0.15) is 4.37 Å². The molecule has 0 spiro atoms. The monoisotopic (exact) mass is 603 g/mol. The van der Waals surface area contributed by atoms with Crippen LogP contribution in [0.15, 0.2) is 60.7 Å². The molecule has 0 aliphatic heterocycles. The number of methoxy groups -OCH3 is 3. The molecule has 43 heavy (non-hydrogen) atoms. The number of ether oxygens (including phenoxy) is 3. The molecule has 0 unspecified atom stereocenters. The number of anilines is 2. The largest absolute Gasteiger partial charge is 0.493 e. The lowest BCUT2D eigenvalue weighted by atomic mass is 9.98. The molecule has 0 aliphatic rings. The average Bonchev–Trinajstić information content (AvgIpc) is 3.41. The first kappa shape index (κ1) is 30.8. The molecule has 0 fully saturated rings. The van der Waals surface area contributed by atoms with Gasteiger partial charge in [0.15, 0.2) is 17.2 Å². The lowest BCUT2D eigenvalue weighted by Crippen LogP contribution is -2.44. The van der Waals surface area contributed by atoms with Gasteiger partial charge in [0.2, 0.25) is 11.7 Å². The molecule has 1 aromatic heterocycles. The Labute approximate surface area is 253 Å². The highest BCUT2D eigenvalue weighted by Gasteiger charge is 2.38. The van der Waals surface area contributed by atoms with E-state index in [1.54, 1.807) is 24.3 Å². The Balaban J connectivity index is 1.97. The number of carbonyl (C=O) groups excluding carboxylic acids is 3. The third-order valence-electron chi connectivity index (χ3n) is 7.03. The Kier molecular flexibility index (Phi) is 9.51. The number of nitrogens with two attached hydrogens (primary N) is 2. The summed E-state index contributed by atoms with van der Waals surface area (Å²) in [5.74, 6) is -1.11. The SMILES string of the molecule is COc1cc([C@@H](C(=O)NCc2ccccc2)N(C(=O)c2snc(C(N)=O)c2N)c2cccc(C)c2C)cc(OC)c1OC. The molecule has 11 nitrogen and oxygen atoms in total. The zero-order valence-corrected chi connectivity index (χ0v) is 25.3. The first-order valence-corrected chi connectivity index (χ1v) is 14.0. The van der Waals surface area contributed by atoms with Gasteiger partial charge in [0, 0.05) is 12.2 Å². The maximum atomic E-state index is 14.5. The Hall–Kier alpha value is -5.10. The summed E-state index contributed by atoms with van der Waals surface area (Å²) in [6, 6.07) is 16.8. The van der Waals surface area contributed by atoms with Gasteiger partial charge in [0.1, 0.15) is 10.9 Å². The average molecular weight is 604 g/mol. The van der Waals surface area contributed by atoms with Gasteiger partial charge in [0.25, 0.3) is 11.8 Å². The molecule has 4 rings (SSSR count). The number of aromatic nitrogens is 1.